The second kappa shape index (κ2) is 8.62. The van der Waals surface area contributed by atoms with Gasteiger partial charge in [0.05, 0.1) is 17.4 Å². The monoisotopic (exact) mass is 321 g/mol. The number of nitro groups is 1. The van der Waals surface area contributed by atoms with Crippen LogP contribution < -0.4 is 5.43 Å². The van der Waals surface area contributed by atoms with E-state index in [1.54, 1.807) is 13.8 Å². The van der Waals surface area contributed by atoms with Crippen molar-refractivity contribution in [3.8, 4) is 0 Å². The Morgan fingerprint density at radius 2 is 1.91 bits per heavy atom. The van der Waals surface area contributed by atoms with Crippen LogP contribution in [0.2, 0.25) is 0 Å². The Hall–Kier alpha value is -2.77. The third kappa shape index (κ3) is 5.17. The smallest absolute Gasteiger partial charge is 0.314 e. The summed E-state index contributed by atoms with van der Waals surface area (Å²) in [7, 11) is 0. The van der Waals surface area contributed by atoms with E-state index in [0.29, 0.717) is 12.1 Å². The van der Waals surface area contributed by atoms with Crippen LogP contribution >= 0.6 is 0 Å². The summed E-state index contributed by atoms with van der Waals surface area (Å²) < 4.78 is 4.95. The summed E-state index contributed by atoms with van der Waals surface area (Å²) in [6, 6.07) is 5.14. The lowest BCUT2D eigenvalue weighted by Crippen LogP contribution is -2.27. The molecule has 1 amide bonds. The maximum Gasteiger partial charge on any atom is 0.314 e. The Labute approximate surface area is 133 Å². The van der Waals surface area contributed by atoms with Crippen molar-refractivity contribution >= 4 is 23.3 Å². The topological polar surface area (TPSA) is 111 Å². The minimum absolute atomic E-state index is 0.102. The molecule has 1 atom stereocenters. The molecule has 0 saturated heterocycles. The number of carbonyl (C=O) groups is 2. The molecule has 0 saturated carbocycles. The minimum Gasteiger partial charge on any atom is -0.465 e. The second-order valence-corrected chi connectivity index (χ2v) is 4.71. The van der Waals surface area contributed by atoms with Crippen molar-refractivity contribution in [3.05, 3.63) is 39.9 Å². The van der Waals surface area contributed by atoms with Crippen LogP contribution in [-0.2, 0) is 9.53 Å². The first-order valence-corrected chi connectivity index (χ1v) is 7.16. The SMILES string of the molecule is CCOC(=O)C(CC)/C(C)=N\NC(=O)c1ccc([N+](=O)[O-])cc1. The van der Waals surface area contributed by atoms with Crippen LogP contribution in [0.4, 0.5) is 5.69 Å². The average Bonchev–Trinajstić information content (AvgIpc) is 2.53. The zero-order valence-corrected chi connectivity index (χ0v) is 13.2. The number of esters is 1. The normalized spacial score (nSPS) is 12.4. The fourth-order valence-electron chi connectivity index (χ4n) is 1.89. The van der Waals surface area contributed by atoms with E-state index in [1.165, 1.54) is 24.3 Å². The predicted octanol–water partition coefficient (Wildman–Crippen LogP) is 2.29. The van der Waals surface area contributed by atoms with E-state index in [0.717, 1.165) is 0 Å². The Kier molecular flexibility index (Phi) is 6.85. The van der Waals surface area contributed by atoms with Crippen molar-refractivity contribution in [3.63, 3.8) is 0 Å². The second-order valence-electron chi connectivity index (χ2n) is 4.71. The first kappa shape index (κ1) is 18.3. The third-order valence-electron chi connectivity index (χ3n) is 3.16. The number of benzene rings is 1. The van der Waals surface area contributed by atoms with Gasteiger partial charge in [0.1, 0.15) is 0 Å². The first-order valence-electron chi connectivity index (χ1n) is 7.16. The molecule has 8 heteroatoms. The zero-order chi connectivity index (χ0) is 17.4. The molecule has 0 aromatic heterocycles. The fourth-order valence-corrected chi connectivity index (χ4v) is 1.89. The molecule has 1 aromatic rings. The van der Waals surface area contributed by atoms with Crippen LogP contribution in [0.15, 0.2) is 29.4 Å². The molecule has 0 heterocycles. The molecule has 0 fully saturated rings. The summed E-state index contributed by atoms with van der Waals surface area (Å²) in [5.74, 6) is -1.43. The highest BCUT2D eigenvalue weighted by molar-refractivity contribution is 6.02. The summed E-state index contributed by atoms with van der Waals surface area (Å²) in [5, 5.41) is 14.5. The van der Waals surface area contributed by atoms with Crippen LogP contribution in [0.3, 0.4) is 0 Å². The van der Waals surface area contributed by atoms with Crippen molar-refractivity contribution in [2.24, 2.45) is 11.0 Å². The molecular weight excluding hydrogens is 302 g/mol. The van der Waals surface area contributed by atoms with E-state index in [9.17, 15) is 19.7 Å². The quantitative estimate of drug-likeness (QED) is 0.358. The number of hydrogen-bond donors (Lipinski definition) is 1. The summed E-state index contributed by atoms with van der Waals surface area (Å²) in [5.41, 5.74) is 2.89. The van der Waals surface area contributed by atoms with Crippen LogP contribution in [-0.4, -0.2) is 29.1 Å². The summed E-state index contributed by atoms with van der Waals surface area (Å²) >= 11 is 0. The molecule has 1 rings (SSSR count). The van der Waals surface area contributed by atoms with Crippen LogP contribution in [0.5, 0.6) is 0 Å². The molecule has 0 bridgehead atoms. The number of carbonyl (C=O) groups excluding carboxylic acids is 2. The van der Waals surface area contributed by atoms with E-state index in [4.69, 9.17) is 4.74 Å². The first-order chi connectivity index (χ1) is 10.9. The molecule has 8 nitrogen and oxygen atoms in total. The van der Waals surface area contributed by atoms with Gasteiger partial charge in [-0.3, -0.25) is 19.7 Å². The van der Waals surface area contributed by atoms with E-state index in [1.807, 2.05) is 6.92 Å². The average molecular weight is 321 g/mol. The highest BCUT2D eigenvalue weighted by atomic mass is 16.6. The number of hydrogen-bond acceptors (Lipinski definition) is 6. The molecule has 0 radical (unpaired) electrons. The number of nitrogens with one attached hydrogen (secondary N) is 1. The van der Waals surface area contributed by atoms with Crippen molar-refractivity contribution in [2.45, 2.75) is 27.2 Å². The van der Waals surface area contributed by atoms with Gasteiger partial charge in [-0.2, -0.15) is 5.10 Å². The van der Waals surface area contributed by atoms with Crippen molar-refractivity contribution in [2.75, 3.05) is 6.61 Å². The summed E-state index contributed by atoms with van der Waals surface area (Å²) in [4.78, 5) is 33.7. The zero-order valence-electron chi connectivity index (χ0n) is 13.2. The van der Waals surface area contributed by atoms with Gasteiger partial charge in [0.2, 0.25) is 0 Å². The Morgan fingerprint density at radius 1 is 1.30 bits per heavy atom. The molecule has 0 aliphatic heterocycles. The Bertz CT molecular complexity index is 610. The molecule has 1 N–H and O–H groups in total. The molecule has 0 aliphatic rings. The van der Waals surface area contributed by atoms with Gasteiger partial charge in [-0.25, -0.2) is 5.43 Å². The highest BCUT2D eigenvalue weighted by Gasteiger charge is 2.21. The Morgan fingerprint density at radius 3 is 2.39 bits per heavy atom. The number of nitrogens with zero attached hydrogens (tertiary/aromatic N) is 2. The molecule has 23 heavy (non-hydrogen) atoms. The Balaban J connectivity index is 2.75. The standard InChI is InChI=1S/C15H19N3O5/c1-4-13(15(20)23-5-2)10(3)16-17-14(19)11-6-8-12(9-7-11)18(21)22/h6-9,13H,4-5H2,1-3H3,(H,17,19)/b16-10-. The fraction of sp³-hybridized carbons (Fsp3) is 0.400. The van der Waals surface area contributed by atoms with E-state index < -0.39 is 16.7 Å². The highest BCUT2D eigenvalue weighted by Crippen LogP contribution is 2.12. The number of nitro benzene ring substituents is 1. The van der Waals surface area contributed by atoms with Crippen LogP contribution in [0, 0.1) is 16.0 Å². The molecule has 124 valence electrons. The molecular formula is C15H19N3O5. The van der Waals surface area contributed by atoms with Crippen molar-refractivity contribution in [1.82, 2.24) is 5.43 Å². The van der Waals surface area contributed by atoms with Gasteiger partial charge in [0.25, 0.3) is 11.6 Å². The van der Waals surface area contributed by atoms with Crippen molar-refractivity contribution < 1.29 is 19.2 Å². The van der Waals surface area contributed by atoms with Gasteiger partial charge in [0, 0.05) is 23.4 Å². The molecule has 0 spiro atoms. The summed E-state index contributed by atoms with van der Waals surface area (Å²) in [6.07, 6.45) is 0.502. The molecule has 1 aromatic carbocycles. The van der Waals surface area contributed by atoms with Gasteiger partial charge >= 0.3 is 5.97 Å². The van der Waals surface area contributed by atoms with Gasteiger partial charge in [0.15, 0.2) is 0 Å². The number of rotatable bonds is 7. The lowest BCUT2D eigenvalue weighted by molar-refractivity contribution is -0.384. The number of ether oxygens (including phenoxy) is 1. The minimum atomic E-state index is -0.546. The molecule has 0 aliphatic carbocycles. The maximum absolute atomic E-state index is 11.9. The van der Waals surface area contributed by atoms with E-state index in [2.05, 4.69) is 10.5 Å². The number of amides is 1. The van der Waals surface area contributed by atoms with Crippen LogP contribution in [0.25, 0.3) is 0 Å². The van der Waals surface area contributed by atoms with E-state index in [-0.39, 0.29) is 23.8 Å². The van der Waals surface area contributed by atoms with Crippen LogP contribution in [0.1, 0.15) is 37.6 Å². The predicted molar refractivity (Wildman–Crippen MR) is 84.1 cm³/mol. The lowest BCUT2D eigenvalue weighted by Gasteiger charge is -2.13. The number of hydrazone groups is 1. The van der Waals surface area contributed by atoms with Crippen molar-refractivity contribution in [1.29, 1.82) is 0 Å². The molecule has 1 unspecified atom stereocenters. The lowest BCUT2D eigenvalue weighted by atomic mass is 10.0. The third-order valence-corrected chi connectivity index (χ3v) is 3.16. The van der Waals surface area contributed by atoms with Gasteiger partial charge in [-0.15, -0.1) is 0 Å². The maximum atomic E-state index is 11.9. The van der Waals surface area contributed by atoms with Gasteiger partial charge < -0.3 is 4.74 Å². The largest absolute Gasteiger partial charge is 0.465 e. The van der Waals surface area contributed by atoms with Gasteiger partial charge in [-0.05, 0) is 32.4 Å². The summed E-state index contributed by atoms with van der Waals surface area (Å²) in [6.45, 7) is 5.44. The van der Waals surface area contributed by atoms with Gasteiger partial charge in [-0.1, -0.05) is 6.92 Å². The number of non-ortho nitro benzene ring substituents is 1. The van der Waals surface area contributed by atoms with E-state index >= 15 is 0 Å².